The van der Waals surface area contributed by atoms with E-state index in [2.05, 4.69) is 41.8 Å². The molecular formula is C22H28N2OS2. The van der Waals surface area contributed by atoms with Gasteiger partial charge >= 0.3 is 0 Å². The molecule has 0 atom stereocenters. The third kappa shape index (κ3) is 7.07. The van der Waals surface area contributed by atoms with Crippen molar-refractivity contribution in [2.24, 2.45) is 0 Å². The van der Waals surface area contributed by atoms with Crippen LogP contribution in [0.5, 0.6) is 5.75 Å². The zero-order valence-electron chi connectivity index (χ0n) is 15.9. The number of thiocarbonyl (C=S) groups is 1. The first kappa shape index (κ1) is 20.0. The fraction of sp³-hybridized carbons (Fsp3) is 0.409. The molecule has 0 amide bonds. The van der Waals surface area contributed by atoms with Crippen molar-refractivity contribution in [1.82, 2.24) is 5.32 Å². The molecule has 1 aliphatic rings. The second kappa shape index (κ2) is 10.6. The maximum atomic E-state index is 5.99. The predicted molar refractivity (Wildman–Crippen MR) is 121 cm³/mol. The molecule has 0 aromatic heterocycles. The van der Waals surface area contributed by atoms with Crippen LogP contribution >= 0.6 is 24.0 Å². The van der Waals surface area contributed by atoms with E-state index in [1.165, 1.54) is 36.8 Å². The van der Waals surface area contributed by atoms with Crippen LogP contribution in [0.1, 0.15) is 36.8 Å². The standard InChI is InChI=1S/C22H28N2OS2/c1-17-5-4-6-18(15-17)16-27-14-13-23-22(26)24-19-9-11-21(12-10-19)25-20-7-2-3-8-20/h4-6,9-12,15,20H,2-3,7-8,13-14,16H2,1H3,(H2,23,24,26). The molecule has 0 spiro atoms. The van der Waals surface area contributed by atoms with Crippen molar-refractivity contribution in [1.29, 1.82) is 0 Å². The number of hydrogen-bond donors (Lipinski definition) is 2. The van der Waals surface area contributed by atoms with E-state index in [1.54, 1.807) is 0 Å². The molecule has 2 aromatic rings. The Hall–Kier alpha value is -1.72. The highest BCUT2D eigenvalue weighted by molar-refractivity contribution is 7.98. The quantitative estimate of drug-likeness (QED) is 0.449. The minimum absolute atomic E-state index is 0.392. The van der Waals surface area contributed by atoms with Gasteiger partial charge in [0, 0.05) is 23.7 Å². The Morgan fingerprint density at radius 1 is 1.15 bits per heavy atom. The average molecular weight is 401 g/mol. The summed E-state index contributed by atoms with van der Waals surface area (Å²) in [4.78, 5) is 0. The molecule has 0 heterocycles. The topological polar surface area (TPSA) is 33.3 Å². The summed E-state index contributed by atoms with van der Waals surface area (Å²) in [5, 5.41) is 7.17. The predicted octanol–water partition coefficient (Wildman–Crippen LogP) is 5.54. The van der Waals surface area contributed by atoms with Crippen molar-refractivity contribution >= 4 is 34.8 Å². The number of aryl methyl sites for hydroxylation is 1. The van der Waals surface area contributed by atoms with Gasteiger partial charge in [-0.15, -0.1) is 0 Å². The van der Waals surface area contributed by atoms with Gasteiger partial charge in [0.15, 0.2) is 5.11 Å². The second-order valence-corrected chi connectivity index (χ2v) is 8.48. The summed E-state index contributed by atoms with van der Waals surface area (Å²) >= 11 is 7.30. The molecule has 27 heavy (non-hydrogen) atoms. The van der Waals surface area contributed by atoms with E-state index in [-0.39, 0.29) is 0 Å². The SMILES string of the molecule is Cc1cccc(CSCCNC(=S)Nc2ccc(OC3CCCC3)cc2)c1. The lowest BCUT2D eigenvalue weighted by Gasteiger charge is -2.14. The Balaban J connectivity index is 1.31. The van der Waals surface area contributed by atoms with Crippen LogP contribution in [0.4, 0.5) is 5.69 Å². The van der Waals surface area contributed by atoms with Gasteiger partial charge < -0.3 is 15.4 Å². The lowest BCUT2D eigenvalue weighted by Crippen LogP contribution is -2.30. The second-order valence-electron chi connectivity index (χ2n) is 6.97. The number of anilines is 1. The third-order valence-corrected chi connectivity index (χ3v) is 5.88. The molecular weight excluding hydrogens is 372 g/mol. The Bertz CT molecular complexity index is 727. The first-order chi connectivity index (χ1) is 13.2. The summed E-state index contributed by atoms with van der Waals surface area (Å²) in [5.74, 6) is 2.99. The van der Waals surface area contributed by atoms with Crippen LogP contribution in [-0.4, -0.2) is 23.5 Å². The summed E-state index contributed by atoms with van der Waals surface area (Å²) in [6.07, 6.45) is 5.32. The molecule has 0 radical (unpaired) electrons. The average Bonchev–Trinajstić information content (AvgIpc) is 3.16. The minimum Gasteiger partial charge on any atom is -0.490 e. The van der Waals surface area contributed by atoms with Crippen molar-refractivity contribution in [3.8, 4) is 5.75 Å². The zero-order chi connectivity index (χ0) is 18.9. The summed E-state index contributed by atoms with van der Waals surface area (Å²) in [7, 11) is 0. The van der Waals surface area contributed by atoms with Gasteiger partial charge in [-0.2, -0.15) is 11.8 Å². The van der Waals surface area contributed by atoms with Crippen LogP contribution in [0.2, 0.25) is 0 Å². The maximum Gasteiger partial charge on any atom is 0.170 e. The molecule has 5 heteroatoms. The Morgan fingerprint density at radius 3 is 2.67 bits per heavy atom. The lowest BCUT2D eigenvalue weighted by molar-refractivity contribution is 0.210. The zero-order valence-corrected chi connectivity index (χ0v) is 17.5. The van der Waals surface area contributed by atoms with E-state index in [0.29, 0.717) is 11.2 Å². The number of rotatable bonds is 8. The number of benzene rings is 2. The Morgan fingerprint density at radius 2 is 1.93 bits per heavy atom. The molecule has 0 saturated heterocycles. The molecule has 2 N–H and O–H groups in total. The molecule has 0 unspecified atom stereocenters. The number of nitrogens with one attached hydrogen (secondary N) is 2. The van der Waals surface area contributed by atoms with Gasteiger partial charge in [0.05, 0.1) is 6.10 Å². The smallest absolute Gasteiger partial charge is 0.170 e. The summed E-state index contributed by atoms with van der Waals surface area (Å²) < 4.78 is 5.99. The molecule has 144 valence electrons. The van der Waals surface area contributed by atoms with Crippen molar-refractivity contribution in [3.05, 3.63) is 59.7 Å². The van der Waals surface area contributed by atoms with Gasteiger partial charge in [0.25, 0.3) is 0 Å². The van der Waals surface area contributed by atoms with Crippen LogP contribution in [0.15, 0.2) is 48.5 Å². The highest BCUT2D eigenvalue weighted by Gasteiger charge is 2.16. The minimum atomic E-state index is 0.392. The molecule has 1 aliphatic carbocycles. The Labute approximate surface area is 172 Å². The van der Waals surface area contributed by atoms with Crippen LogP contribution < -0.4 is 15.4 Å². The van der Waals surface area contributed by atoms with Crippen molar-refractivity contribution in [3.63, 3.8) is 0 Å². The van der Waals surface area contributed by atoms with E-state index in [9.17, 15) is 0 Å². The van der Waals surface area contributed by atoms with Crippen molar-refractivity contribution in [2.75, 3.05) is 17.6 Å². The van der Waals surface area contributed by atoms with Crippen LogP contribution in [0, 0.1) is 6.92 Å². The van der Waals surface area contributed by atoms with E-state index in [0.717, 1.165) is 29.5 Å². The molecule has 1 saturated carbocycles. The van der Waals surface area contributed by atoms with Crippen molar-refractivity contribution in [2.45, 2.75) is 44.5 Å². The first-order valence-electron chi connectivity index (χ1n) is 9.64. The van der Waals surface area contributed by atoms with E-state index in [1.807, 2.05) is 36.0 Å². The van der Waals surface area contributed by atoms with E-state index in [4.69, 9.17) is 17.0 Å². The molecule has 1 fully saturated rings. The summed E-state index contributed by atoms with van der Waals surface area (Å²) in [6, 6.07) is 16.7. The van der Waals surface area contributed by atoms with Crippen molar-refractivity contribution < 1.29 is 4.74 Å². The van der Waals surface area contributed by atoms with Gasteiger partial charge in [0.2, 0.25) is 0 Å². The monoisotopic (exact) mass is 400 g/mol. The molecule has 0 aliphatic heterocycles. The van der Waals surface area contributed by atoms with Gasteiger partial charge in [-0.3, -0.25) is 0 Å². The highest BCUT2D eigenvalue weighted by Crippen LogP contribution is 2.25. The number of thioether (sulfide) groups is 1. The molecule has 2 aromatic carbocycles. The van der Waals surface area contributed by atoms with Gasteiger partial charge in [-0.1, -0.05) is 29.8 Å². The fourth-order valence-corrected chi connectivity index (χ4v) is 4.25. The van der Waals surface area contributed by atoms with Crippen LogP contribution in [-0.2, 0) is 5.75 Å². The lowest BCUT2D eigenvalue weighted by atomic mass is 10.2. The maximum absolute atomic E-state index is 5.99. The molecule has 0 bridgehead atoms. The van der Waals surface area contributed by atoms with Crippen LogP contribution in [0.25, 0.3) is 0 Å². The molecule has 3 rings (SSSR count). The summed E-state index contributed by atoms with van der Waals surface area (Å²) in [6.45, 7) is 2.98. The largest absolute Gasteiger partial charge is 0.490 e. The van der Waals surface area contributed by atoms with Gasteiger partial charge in [0.1, 0.15) is 5.75 Å². The normalized spacial score (nSPS) is 14.1. The highest BCUT2D eigenvalue weighted by atomic mass is 32.2. The molecule has 3 nitrogen and oxygen atoms in total. The van der Waals surface area contributed by atoms with Gasteiger partial charge in [-0.25, -0.2) is 0 Å². The van der Waals surface area contributed by atoms with E-state index < -0.39 is 0 Å². The number of hydrogen-bond acceptors (Lipinski definition) is 3. The number of ether oxygens (including phenoxy) is 1. The third-order valence-electron chi connectivity index (χ3n) is 4.60. The first-order valence-corrected chi connectivity index (χ1v) is 11.2. The Kier molecular flexibility index (Phi) is 7.84. The fourth-order valence-electron chi connectivity index (χ4n) is 3.22. The van der Waals surface area contributed by atoms with E-state index >= 15 is 0 Å². The van der Waals surface area contributed by atoms with Gasteiger partial charge in [-0.05, 0) is 74.7 Å². The van der Waals surface area contributed by atoms with Crippen LogP contribution in [0.3, 0.4) is 0 Å². The summed E-state index contributed by atoms with van der Waals surface area (Å²) in [5.41, 5.74) is 3.68.